The van der Waals surface area contributed by atoms with Crippen molar-refractivity contribution >= 4 is 44.8 Å². The summed E-state index contributed by atoms with van der Waals surface area (Å²) in [4.78, 5) is 14.0. The lowest BCUT2D eigenvalue weighted by Crippen LogP contribution is -2.27. The van der Waals surface area contributed by atoms with Gasteiger partial charge in [-0.2, -0.15) is 0 Å². The van der Waals surface area contributed by atoms with Crippen molar-refractivity contribution in [2.75, 3.05) is 17.7 Å². The van der Waals surface area contributed by atoms with E-state index in [-0.39, 0.29) is 5.91 Å². The Kier molecular flexibility index (Phi) is 4.35. The van der Waals surface area contributed by atoms with Crippen LogP contribution in [-0.4, -0.2) is 13.0 Å². The van der Waals surface area contributed by atoms with Crippen molar-refractivity contribution in [3.8, 4) is 0 Å². The number of hydrogen-bond acceptors (Lipinski definition) is 2. The zero-order chi connectivity index (χ0) is 14.9. The molecular weight excluding hydrogens is 340 g/mol. The Balaban J connectivity index is 2.40. The van der Waals surface area contributed by atoms with Gasteiger partial charge in [0.2, 0.25) is 0 Å². The van der Waals surface area contributed by atoms with E-state index in [2.05, 4.69) is 15.9 Å². The second kappa shape index (κ2) is 5.85. The van der Waals surface area contributed by atoms with Crippen LogP contribution in [0.3, 0.4) is 0 Å². The number of carbonyl (C=O) groups excluding carboxylic acids is 1. The predicted octanol–water partition coefficient (Wildman–Crippen LogP) is 4.27. The molecule has 0 spiro atoms. The lowest BCUT2D eigenvalue weighted by molar-refractivity contribution is 0.0992. The molecule has 0 bridgehead atoms. The summed E-state index contributed by atoms with van der Waals surface area (Å²) in [5.41, 5.74) is 8.67. The smallest absolute Gasteiger partial charge is 0.259 e. The maximum absolute atomic E-state index is 12.5. The molecular formula is C15H14BrClN2O. The predicted molar refractivity (Wildman–Crippen MR) is 87.5 cm³/mol. The van der Waals surface area contributed by atoms with E-state index in [0.29, 0.717) is 22.0 Å². The Morgan fingerprint density at radius 2 is 1.95 bits per heavy atom. The molecule has 0 atom stereocenters. The van der Waals surface area contributed by atoms with E-state index < -0.39 is 0 Å². The van der Waals surface area contributed by atoms with E-state index >= 15 is 0 Å². The average molecular weight is 354 g/mol. The molecule has 0 aliphatic rings. The molecule has 0 aliphatic carbocycles. The molecule has 20 heavy (non-hydrogen) atoms. The monoisotopic (exact) mass is 352 g/mol. The van der Waals surface area contributed by atoms with Crippen molar-refractivity contribution in [1.82, 2.24) is 0 Å². The molecule has 3 nitrogen and oxygen atoms in total. The molecule has 0 saturated carbocycles. The summed E-state index contributed by atoms with van der Waals surface area (Å²) in [6.07, 6.45) is 0. The molecule has 0 unspecified atom stereocenters. The molecule has 1 amide bonds. The van der Waals surface area contributed by atoms with Crippen LogP contribution < -0.4 is 10.6 Å². The minimum absolute atomic E-state index is 0.147. The molecule has 0 fully saturated rings. The van der Waals surface area contributed by atoms with Gasteiger partial charge in [0.15, 0.2) is 0 Å². The van der Waals surface area contributed by atoms with Gasteiger partial charge < -0.3 is 10.6 Å². The van der Waals surface area contributed by atoms with Gasteiger partial charge in [-0.15, -0.1) is 0 Å². The van der Waals surface area contributed by atoms with E-state index in [1.807, 2.05) is 19.1 Å². The molecule has 104 valence electrons. The largest absolute Gasteiger partial charge is 0.397 e. The quantitative estimate of drug-likeness (QED) is 0.820. The molecule has 0 saturated heterocycles. The fourth-order valence-electron chi connectivity index (χ4n) is 1.89. The molecule has 0 aromatic heterocycles. The van der Waals surface area contributed by atoms with Crippen molar-refractivity contribution in [2.45, 2.75) is 6.92 Å². The van der Waals surface area contributed by atoms with Crippen LogP contribution >= 0.6 is 27.5 Å². The number of benzene rings is 2. The minimum Gasteiger partial charge on any atom is -0.397 e. The topological polar surface area (TPSA) is 46.3 Å². The Morgan fingerprint density at radius 3 is 2.60 bits per heavy atom. The first kappa shape index (κ1) is 14.9. The number of amides is 1. The first-order valence-electron chi connectivity index (χ1n) is 5.99. The summed E-state index contributed by atoms with van der Waals surface area (Å²) < 4.78 is 0.759. The molecule has 2 aromatic rings. The molecule has 2 aromatic carbocycles. The molecule has 0 aliphatic heterocycles. The van der Waals surface area contributed by atoms with Gasteiger partial charge >= 0.3 is 0 Å². The Hall–Kier alpha value is -1.52. The molecule has 2 N–H and O–H groups in total. The van der Waals surface area contributed by atoms with Crippen molar-refractivity contribution < 1.29 is 4.79 Å². The third-order valence-corrected chi connectivity index (χ3v) is 3.90. The third kappa shape index (κ3) is 2.97. The van der Waals surface area contributed by atoms with Crippen molar-refractivity contribution in [1.29, 1.82) is 0 Å². The van der Waals surface area contributed by atoms with Gasteiger partial charge in [-0.05, 0) is 58.7 Å². The van der Waals surface area contributed by atoms with E-state index in [0.717, 1.165) is 10.0 Å². The lowest BCUT2D eigenvalue weighted by atomic mass is 10.1. The van der Waals surface area contributed by atoms with Crippen molar-refractivity contribution in [3.05, 3.63) is 57.0 Å². The summed E-state index contributed by atoms with van der Waals surface area (Å²) in [7, 11) is 1.68. The van der Waals surface area contributed by atoms with Crippen LogP contribution in [0.2, 0.25) is 5.02 Å². The number of nitrogens with two attached hydrogens (primary N) is 1. The number of rotatable bonds is 2. The lowest BCUT2D eigenvalue weighted by Gasteiger charge is -2.20. The molecule has 5 heteroatoms. The van der Waals surface area contributed by atoms with Gasteiger partial charge in [0.1, 0.15) is 0 Å². The summed E-state index contributed by atoms with van der Waals surface area (Å²) in [5, 5.41) is 0.539. The van der Waals surface area contributed by atoms with Crippen LogP contribution in [0.25, 0.3) is 0 Å². The van der Waals surface area contributed by atoms with Gasteiger partial charge in [0, 0.05) is 16.5 Å². The summed E-state index contributed by atoms with van der Waals surface area (Å²) >= 11 is 9.38. The number of hydrogen-bond donors (Lipinski definition) is 1. The van der Waals surface area contributed by atoms with Crippen LogP contribution in [0.1, 0.15) is 15.9 Å². The second-order valence-corrected chi connectivity index (χ2v) is 5.84. The maximum Gasteiger partial charge on any atom is 0.259 e. The second-order valence-electron chi connectivity index (χ2n) is 4.55. The van der Waals surface area contributed by atoms with E-state index in [1.54, 1.807) is 31.3 Å². The fraction of sp³-hybridized carbons (Fsp3) is 0.133. The number of carbonyl (C=O) groups is 1. The van der Waals surface area contributed by atoms with Crippen LogP contribution in [0.15, 0.2) is 40.9 Å². The van der Waals surface area contributed by atoms with Gasteiger partial charge in [0.05, 0.1) is 16.9 Å². The van der Waals surface area contributed by atoms with Crippen LogP contribution in [0.5, 0.6) is 0 Å². The maximum atomic E-state index is 12.5. The standard InChI is InChI=1S/C15H14BrClN2O/c1-9-3-5-11(12(16)7-9)15(20)19(2)14-8-10(17)4-6-13(14)18/h3-8H,18H2,1-2H3. The zero-order valence-corrected chi connectivity index (χ0v) is 13.5. The number of anilines is 2. The number of halogens is 2. The third-order valence-electron chi connectivity index (χ3n) is 3.01. The van der Waals surface area contributed by atoms with Crippen LogP contribution in [0.4, 0.5) is 11.4 Å². The Morgan fingerprint density at radius 1 is 1.25 bits per heavy atom. The average Bonchev–Trinajstić information content (AvgIpc) is 2.40. The molecule has 2 rings (SSSR count). The highest BCUT2D eigenvalue weighted by Crippen LogP contribution is 2.28. The minimum atomic E-state index is -0.147. The van der Waals surface area contributed by atoms with Crippen LogP contribution in [-0.2, 0) is 0 Å². The van der Waals surface area contributed by atoms with Crippen molar-refractivity contribution in [3.63, 3.8) is 0 Å². The number of nitrogen functional groups attached to an aromatic ring is 1. The normalized spacial score (nSPS) is 10.4. The van der Waals surface area contributed by atoms with E-state index in [1.165, 1.54) is 4.90 Å². The van der Waals surface area contributed by atoms with Crippen LogP contribution in [0, 0.1) is 6.92 Å². The first-order valence-corrected chi connectivity index (χ1v) is 7.16. The summed E-state index contributed by atoms with van der Waals surface area (Å²) in [6, 6.07) is 10.7. The van der Waals surface area contributed by atoms with E-state index in [4.69, 9.17) is 17.3 Å². The highest BCUT2D eigenvalue weighted by Gasteiger charge is 2.18. The SMILES string of the molecule is Cc1ccc(C(=O)N(C)c2cc(Cl)ccc2N)c(Br)c1. The highest BCUT2D eigenvalue weighted by atomic mass is 79.9. The zero-order valence-electron chi connectivity index (χ0n) is 11.2. The van der Waals surface area contributed by atoms with E-state index in [9.17, 15) is 4.79 Å². The Labute approximate surface area is 131 Å². The van der Waals surface area contributed by atoms with Gasteiger partial charge in [-0.1, -0.05) is 17.7 Å². The number of nitrogens with zero attached hydrogens (tertiary/aromatic N) is 1. The van der Waals surface area contributed by atoms with Gasteiger partial charge in [-0.25, -0.2) is 0 Å². The summed E-state index contributed by atoms with van der Waals surface area (Å²) in [6.45, 7) is 1.97. The van der Waals surface area contributed by atoms with Crippen molar-refractivity contribution in [2.24, 2.45) is 0 Å². The Bertz CT molecular complexity index is 673. The summed E-state index contributed by atoms with van der Waals surface area (Å²) in [5.74, 6) is -0.147. The van der Waals surface area contributed by atoms with Gasteiger partial charge in [-0.3, -0.25) is 4.79 Å². The molecule has 0 heterocycles. The van der Waals surface area contributed by atoms with Gasteiger partial charge in [0.25, 0.3) is 5.91 Å². The first-order chi connectivity index (χ1) is 9.40. The number of aryl methyl sites for hydroxylation is 1. The fourth-order valence-corrected chi connectivity index (χ4v) is 2.72. The highest BCUT2D eigenvalue weighted by molar-refractivity contribution is 9.10. The molecule has 0 radical (unpaired) electrons.